The number of piperidine rings is 1. The number of nitrogens with zero attached hydrogens (tertiary/aromatic N) is 2. The molecule has 30 heavy (non-hydrogen) atoms. The van der Waals surface area contributed by atoms with E-state index in [1.54, 1.807) is 0 Å². The zero-order chi connectivity index (χ0) is 20.6. The summed E-state index contributed by atoms with van der Waals surface area (Å²) in [6.07, 6.45) is 0.524. The molecule has 2 aromatic carbocycles. The van der Waals surface area contributed by atoms with Gasteiger partial charge in [-0.15, -0.1) is 0 Å². The van der Waals surface area contributed by atoms with Crippen LogP contribution < -0.4 is 15.5 Å². The highest BCUT2D eigenvalue weighted by Gasteiger charge is 2.65. The number of benzene rings is 2. The summed E-state index contributed by atoms with van der Waals surface area (Å²) in [4.78, 5) is 17.3. The molecule has 1 fully saturated rings. The molecule has 0 saturated carbocycles. The minimum atomic E-state index is -0.373. The van der Waals surface area contributed by atoms with Crippen molar-refractivity contribution < 1.29 is 9.53 Å². The van der Waals surface area contributed by atoms with E-state index in [2.05, 4.69) is 76.5 Å². The molecule has 0 radical (unpaired) electrons. The second-order valence-corrected chi connectivity index (χ2v) is 8.66. The van der Waals surface area contributed by atoms with Crippen molar-refractivity contribution in [2.75, 3.05) is 30.4 Å². The third-order valence-corrected chi connectivity index (χ3v) is 7.52. The molecular formula is C24H26N4O2. The Labute approximate surface area is 176 Å². The highest BCUT2D eigenvalue weighted by molar-refractivity contribution is 5.83. The van der Waals surface area contributed by atoms with Crippen LogP contribution in [0.25, 0.3) is 5.70 Å². The summed E-state index contributed by atoms with van der Waals surface area (Å²) >= 11 is 0. The summed E-state index contributed by atoms with van der Waals surface area (Å²) in [6.45, 7) is 7.51. The Kier molecular flexibility index (Phi) is 3.50. The van der Waals surface area contributed by atoms with Gasteiger partial charge in [0.1, 0.15) is 12.3 Å². The minimum Gasteiger partial charge on any atom is -0.450 e. The summed E-state index contributed by atoms with van der Waals surface area (Å²) in [5.41, 5.74) is 7.01. The fourth-order valence-electron chi connectivity index (χ4n) is 6.47. The third kappa shape index (κ3) is 1.96. The molecule has 0 aromatic heterocycles. The van der Waals surface area contributed by atoms with Gasteiger partial charge in [0.05, 0.1) is 6.61 Å². The number of nitrogens with one attached hydrogen (secondary N) is 2. The number of carbonyl (C=O) groups excluding carboxylic acids is 1. The van der Waals surface area contributed by atoms with Crippen LogP contribution in [-0.2, 0) is 10.2 Å². The number of hydrogen-bond donors (Lipinski definition) is 2. The third-order valence-electron chi connectivity index (χ3n) is 7.52. The maximum atomic E-state index is 12.6. The van der Waals surface area contributed by atoms with E-state index >= 15 is 0 Å². The molecule has 1 spiro atoms. The van der Waals surface area contributed by atoms with Crippen molar-refractivity contribution in [3.8, 4) is 0 Å². The monoisotopic (exact) mass is 402 g/mol. The Morgan fingerprint density at radius 1 is 1.30 bits per heavy atom. The van der Waals surface area contributed by atoms with Crippen LogP contribution in [0.4, 0.5) is 16.2 Å². The van der Waals surface area contributed by atoms with E-state index < -0.39 is 0 Å². The van der Waals surface area contributed by atoms with Crippen LogP contribution in [0, 0.1) is 0 Å². The molecule has 154 valence electrons. The predicted octanol–water partition coefficient (Wildman–Crippen LogP) is 3.67. The van der Waals surface area contributed by atoms with Crippen molar-refractivity contribution in [1.82, 2.24) is 10.2 Å². The first-order chi connectivity index (χ1) is 14.6. The number of ether oxygens (including phenoxy) is 1. The number of fused-ring (bicyclic) bond motifs is 2. The standard InChI is InChI=1S/C24H26N4O2/c1-4-30-23(29)26-21-20-16-8-5-6-10-17(16)25-22-24(20)12-13-28(21)14(2)15-9-7-11-18(19(15)24)27(22)3/h5-11,20-22,25H,2,4,12-13H2,1,3H3,(H,26,29)/t20-,21+,22+,24+/m0/s1. The summed E-state index contributed by atoms with van der Waals surface area (Å²) in [6, 6.07) is 15.0. The molecule has 1 saturated heterocycles. The zero-order valence-corrected chi connectivity index (χ0v) is 17.3. The van der Waals surface area contributed by atoms with Gasteiger partial charge in [0.25, 0.3) is 0 Å². The number of anilines is 2. The summed E-state index contributed by atoms with van der Waals surface area (Å²) in [5, 5.41) is 7.05. The number of carbonyl (C=O) groups is 1. The van der Waals surface area contributed by atoms with E-state index in [0.29, 0.717) is 6.61 Å². The second-order valence-electron chi connectivity index (χ2n) is 8.66. The van der Waals surface area contributed by atoms with Crippen LogP contribution in [-0.4, -0.2) is 43.5 Å². The van der Waals surface area contributed by atoms with Gasteiger partial charge in [-0.05, 0) is 36.6 Å². The molecule has 0 aliphatic carbocycles. The lowest BCUT2D eigenvalue weighted by Crippen LogP contribution is -2.65. The van der Waals surface area contributed by atoms with E-state index in [4.69, 9.17) is 4.74 Å². The van der Waals surface area contributed by atoms with Crippen molar-refractivity contribution in [2.45, 2.75) is 37.0 Å². The highest BCUT2D eigenvalue weighted by Crippen LogP contribution is 2.64. The topological polar surface area (TPSA) is 56.8 Å². The van der Waals surface area contributed by atoms with Gasteiger partial charge in [0.15, 0.2) is 0 Å². The Morgan fingerprint density at radius 2 is 2.13 bits per heavy atom. The lowest BCUT2D eigenvalue weighted by molar-refractivity contribution is 0.0757. The van der Waals surface area contributed by atoms with E-state index in [9.17, 15) is 4.79 Å². The van der Waals surface area contributed by atoms with Crippen LogP contribution in [0.2, 0.25) is 0 Å². The normalized spacial score (nSPS) is 29.7. The van der Waals surface area contributed by atoms with Crippen LogP contribution in [0.15, 0.2) is 49.0 Å². The smallest absolute Gasteiger partial charge is 0.408 e. The molecule has 5 aliphatic heterocycles. The van der Waals surface area contributed by atoms with E-state index in [1.807, 2.05) is 6.92 Å². The van der Waals surface area contributed by atoms with Crippen LogP contribution in [0.3, 0.4) is 0 Å². The first kappa shape index (κ1) is 17.7. The van der Waals surface area contributed by atoms with Gasteiger partial charge < -0.3 is 25.2 Å². The number of alkyl carbamates (subject to hydrolysis) is 1. The Bertz CT molecular complexity index is 1080. The molecular weight excluding hydrogens is 376 g/mol. The lowest BCUT2D eigenvalue weighted by Gasteiger charge is -2.55. The van der Waals surface area contributed by atoms with Crippen LogP contribution in [0.1, 0.15) is 36.0 Å². The summed E-state index contributed by atoms with van der Waals surface area (Å²) in [5.74, 6) is 0.0854. The van der Waals surface area contributed by atoms with Gasteiger partial charge in [-0.3, -0.25) is 0 Å². The number of para-hydroxylation sites is 1. The minimum absolute atomic E-state index is 0.0854. The largest absolute Gasteiger partial charge is 0.450 e. The fourth-order valence-corrected chi connectivity index (χ4v) is 6.47. The highest BCUT2D eigenvalue weighted by atomic mass is 16.5. The average Bonchev–Trinajstić information content (AvgIpc) is 2.86. The average molecular weight is 402 g/mol. The number of likely N-dealkylation sites (N-methyl/N-ethyl adjacent to an activating group) is 1. The summed E-state index contributed by atoms with van der Waals surface area (Å²) in [7, 11) is 2.17. The molecule has 2 aromatic rings. The van der Waals surface area contributed by atoms with E-state index in [0.717, 1.165) is 24.4 Å². The van der Waals surface area contributed by atoms with Gasteiger partial charge >= 0.3 is 6.09 Å². The molecule has 7 rings (SSSR count). The van der Waals surface area contributed by atoms with Gasteiger partial charge in [-0.2, -0.15) is 0 Å². The quantitative estimate of drug-likeness (QED) is 0.803. The van der Waals surface area contributed by atoms with Gasteiger partial charge in [0, 0.05) is 47.6 Å². The van der Waals surface area contributed by atoms with E-state index in [-0.39, 0.29) is 29.8 Å². The molecule has 2 N–H and O–H groups in total. The number of hydrogen-bond acceptors (Lipinski definition) is 5. The van der Waals surface area contributed by atoms with Crippen molar-refractivity contribution in [3.63, 3.8) is 0 Å². The Hall–Kier alpha value is -3.15. The first-order valence-corrected chi connectivity index (χ1v) is 10.7. The molecule has 0 unspecified atom stereocenters. The van der Waals surface area contributed by atoms with Gasteiger partial charge in [-0.1, -0.05) is 36.9 Å². The SMILES string of the molecule is C=C1c2cccc3c2[C@]24CCN1[C@@H](NC(=O)OCC)[C@@H]2c1ccccc1N[C@@H]4N3C. The van der Waals surface area contributed by atoms with Gasteiger partial charge in [-0.25, -0.2) is 4.79 Å². The van der Waals surface area contributed by atoms with Gasteiger partial charge in [0.2, 0.25) is 0 Å². The summed E-state index contributed by atoms with van der Waals surface area (Å²) < 4.78 is 5.30. The molecule has 5 aliphatic rings. The van der Waals surface area contributed by atoms with Crippen LogP contribution in [0.5, 0.6) is 0 Å². The first-order valence-electron chi connectivity index (χ1n) is 10.7. The fraction of sp³-hybridized carbons (Fsp3) is 0.375. The number of amides is 1. The molecule has 1 amide bonds. The maximum Gasteiger partial charge on any atom is 0.408 e. The Balaban J connectivity index is 1.64. The zero-order valence-electron chi connectivity index (χ0n) is 17.3. The molecule has 6 nitrogen and oxygen atoms in total. The number of rotatable bonds is 2. The van der Waals surface area contributed by atoms with Crippen molar-refractivity contribution in [2.24, 2.45) is 0 Å². The van der Waals surface area contributed by atoms with E-state index in [1.165, 1.54) is 22.4 Å². The van der Waals surface area contributed by atoms with Crippen molar-refractivity contribution >= 4 is 23.2 Å². The molecule has 6 heteroatoms. The van der Waals surface area contributed by atoms with Crippen LogP contribution >= 0.6 is 0 Å². The van der Waals surface area contributed by atoms with Crippen molar-refractivity contribution in [1.29, 1.82) is 0 Å². The Morgan fingerprint density at radius 3 is 2.97 bits per heavy atom. The lowest BCUT2D eigenvalue weighted by atomic mass is 9.60. The molecule has 2 bridgehead atoms. The van der Waals surface area contributed by atoms with Crippen molar-refractivity contribution in [3.05, 3.63) is 65.7 Å². The second kappa shape index (κ2) is 5.94. The maximum absolute atomic E-state index is 12.6. The molecule has 5 heterocycles. The predicted molar refractivity (Wildman–Crippen MR) is 117 cm³/mol. The molecule has 4 atom stereocenters.